The Bertz CT molecular complexity index is 562. The molecule has 1 unspecified atom stereocenters. The third-order valence-electron chi connectivity index (χ3n) is 3.97. The fourth-order valence-corrected chi connectivity index (χ4v) is 2.48. The molecule has 2 N–H and O–H groups in total. The number of rotatable bonds is 9. The van der Waals surface area contributed by atoms with Gasteiger partial charge in [0.1, 0.15) is 0 Å². The molecule has 1 aliphatic rings. The zero-order valence-electron chi connectivity index (χ0n) is 15.0. The van der Waals surface area contributed by atoms with Gasteiger partial charge in [0.05, 0.1) is 18.1 Å². The summed E-state index contributed by atoms with van der Waals surface area (Å²) < 4.78 is 10.4. The van der Waals surface area contributed by atoms with Gasteiger partial charge in [-0.25, -0.2) is 4.99 Å². The van der Waals surface area contributed by atoms with E-state index in [0.29, 0.717) is 19.1 Å². The fraction of sp³-hybridized carbons (Fsp3) is 0.588. The number of nitrogens with zero attached hydrogens (tertiary/aromatic N) is 2. The van der Waals surface area contributed by atoms with Crippen molar-refractivity contribution < 1.29 is 14.4 Å². The normalized spacial score (nSPS) is 16.8. The van der Waals surface area contributed by atoms with E-state index >= 15 is 0 Å². The van der Waals surface area contributed by atoms with Gasteiger partial charge in [-0.05, 0) is 18.4 Å². The van der Waals surface area contributed by atoms with Crippen LogP contribution in [0.1, 0.15) is 18.4 Å². The van der Waals surface area contributed by atoms with Gasteiger partial charge in [-0.3, -0.25) is 10.1 Å². The van der Waals surface area contributed by atoms with Crippen molar-refractivity contribution in [3.05, 3.63) is 39.9 Å². The SMILES string of the molecule is COCCCNC(=NCc1ccc([N+](=O)[O-])cc1)NCC1CCOC1.I. The van der Waals surface area contributed by atoms with Crippen LogP contribution in [-0.4, -0.2) is 50.9 Å². The highest BCUT2D eigenvalue weighted by atomic mass is 127. The number of hydrogen-bond donors (Lipinski definition) is 2. The molecule has 1 saturated heterocycles. The minimum atomic E-state index is -0.402. The molecular weight excluding hydrogens is 451 g/mol. The number of hydrogen-bond acceptors (Lipinski definition) is 5. The molecule has 1 aromatic carbocycles. The zero-order chi connectivity index (χ0) is 17.9. The molecule has 1 atom stereocenters. The summed E-state index contributed by atoms with van der Waals surface area (Å²) in [5, 5.41) is 17.3. The molecule has 1 aliphatic heterocycles. The molecule has 26 heavy (non-hydrogen) atoms. The van der Waals surface area contributed by atoms with Crippen LogP contribution in [0.25, 0.3) is 0 Å². The second kappa shape index (κ2) is 12.8. The number of methoxy groups -OCH3 is 1. The number of benzene rings is 1. The average Bonchev–Trinajstić information content (AvgIpc) is 3.14. The molecule has 0 spiro atoms. The monoisotopic (exact) mass is 478 g/mol. The molecule has 0 amide bonds. The van der Waals surface area contributed by atoms with Crippen LogP contribution in [0.2, 0.25) is 0 Å². The average molecular weight is 478 g/mol. The Morgan fingerprint density at radius 2 is 2.15 bits per heavy atom. The number of nitro groups is 1. The van der Waals surface area contributed by atoms with E-state index in [1.165, 1.54) is 12.1 Å². The van der Waals surface area contributed by atoms with E-state index in [4.69, 9.17) is 9.47 Å². The van der Waals surface area contributed by atoms with Crippen LogP contribution in [0, 0.1) is 16.0 Å². The number of ether oxygens (including phenoxy) is 2. The van der Waals surface area contributed by atoms with E-state index in [1.807, 2.05) is 0 Å². The second-order valence-electron chi connectivity index (χ2n) is 5.97. The maximum atomic E-state index is 10.7. The zero-order valence-corrected chi connectivity index (χ0v) is 17.3. The van der Waals surface area contributed by atoms with E-state index in [0.717, 1.165) is 50.7 Å². The molecule has 9 heteroatoms. The molecule has 0 bridgehead atoms. The van der Waals surface area contributed by atoms with Crippen molar-refractivity contribution in [2.45, 2.75) is 19.4 Å². The molecular formula is C17H27IN4O4. The maximum Gasteiger partial charge on any atom is 0.269 e. The van der Waals surface area contributed by atoms with E-state index < -0.39 is 4.92 Å². The van der Waals surface area contributed by atoms with Crippen LogP contribution in [0.3, 0.4) is 0 Å². The van der Waals surface area contributed by atoms with Gasteiger partial charge in [-0.15, -0.1) is 24.0 Å². The van der Waals surface area contributed by atoms with E-state index in [2.05, 4.69) is 15.6 Å². The van der Waals surface area contributed by atoms with Crippen molar-refractivity contribution in [1.29, 1.82) is 0 Å². The molecule has 1 heterocycles. The van der Waals surface area contributed by atoms with Crippen LogP contribution in [0.15, 0.2) is 29.3 Å². The third-order valence-corrected chi connectivity index (χ3v) is 3.97. The Hall–Kier alpha value is -1.46. The first-order valence-electron chi connectivity index (χ1n) is 8.51. The summed E-state index contributed by atoms with van der Waals surface area (Å²) in [5.41, 5.74) is 1.01. The highest BCUT2D eigenvalue weighted by molar-refractivity contribution is 14.0. The number of non-ortho nitro benzene ring substituents is 1. The molecule has 8 nitrogen and oxygen atoms in total. The Labute approximate surface area is 170 Å². The number of aliphatic imine (C=N–C) groups is 1. The maximum absolute atomic E-state index is 10.7. The summed E-state index contributed by atoms with van der Waals surface area (Å²) in [7, 11) is 1.68. The molecule has 1 aromatic rings. The van der Waals surface area contributed by atoms with Gasteiger partial charge in [0.2, 0.25) is 0 Å². The third kappa shape index (κ3) is 8.28. The highest BCUT2D eigenvalue weighted by Crippen LogP contribution is 2.13. The van der Waals surface area contributed by atoms with Crippen LogP contribution >= 0.6 is 24.0 Å². The van der Waals surface area contributed by atoms with Crippen molar-refractivity contribution in [2.75, 3.05) is 40.0 Å². The topological polar surface area (TPSA) is 98.0 Å². The Kier molecular flexibility index (Phi) is 11.1. The van der Waals surface area contributed by atoms with Gasteiger partial charge < -0.3 is 20.1 Å². The number of nitrogens with one attached hydrogen (secondary N) is 2. The summed E-state index contributed by atoms with van der Waals surface area (Å²) >= 11 is 0. The van der Waals surface area contributed by atoms with Crippen LogP contribution in [0.4, 0.5) is 5.69 Å². The van der Waals surface area contributed by atoms with Gasteiger partial charge >= 0.3 is 0 Å². The van der Waals surface area contributed by atoms with Crippen molar-refractivity contribution in [1.82, 2.24) is 10.6 Å². The number of halogens is 1. The Morgan fingerprint density at radius 3 is 2.77 bits per heavy atom. The van der Waals surface area contributed by atoms with Crippen molar-refractivity contribution in [2.24, 2.45) is 10.9 Å². The molecule has 0 aliphatic carbocycles. The smallest absolute Gasteiger partial charge is 0.269 e. The first-order valence-corrected chi connectivity index (χ1v) is 8.51. The molecule has 0 aromatic heterocycles. The van der Waals surface area contributed by atoms with Gasteiger partial charge in [0, 0.05) is 51.5 Å². The standard InChI is InChI=1S/C17H26N4O4.HI/c1-24-9-2-8-18-17(20-12-15-7-10-25-13-15)19-11-14-3-5-16(6-4-14)21(22)23;/h3-6,15H,2,7-13H2,1H3,(H2,18,19,20);1H. The molecule has 146 valence electrons. The van der Waals surface area contributed by atoms with Crippen molar-refractivity contribution in [3.8, 4) is 0 Å². The van der Waals surface area contributed by atoms with E-state index in [9.17, 15) is 10.1 Å². The lowest BCUT2D eigenvalue weighted by molar-refractivity contribution is -0.384. The molecule has 0 saturated carbocycles. The summed E-state index contributed by atoms with van der Waals surface area (Å²) in [6, 6.07) is 6.46. The van der Waals surface area contributed by atoms with Crippen LogP contribution in [-0.2, 0) is 16.0 Å². The van der Waals surface area contributed by atoms with Gasteiger partial charge in [-0.1, -0.05) is 12.1 Å². The summed E-state index contributed by atoms with van der Waals surface area (Å²) in [4.78, 5) is 14.9. The lowest BCUT2D eigenvalue weighted by Gasteiger charge is -2.15. The first kappa shape index (κ1) is 22.6. The van der Waals surface area contributed by atoms with Gasteiger partial charge in [0.15, 0.2) is 5.96 Å². The molecule has 2 rings (SSSR count). The van der Waals surface area contributed by atoms with Crippen LogP contribution < -0.4 is 10.6 Å². The lowest BCUT2D eigenvalue weighted by atomic mass is 10.1. The Morgan fingerprint density at radius 1 is 1.38 bits per heavy atom. The van der Waals surface area contributed by atoms with Crippen molar-refractivity contribution >= 4 is 35.6 Å². The quantitative estimate of drug-likeness (QED) is 0.141. The first-order chi connectivity index (χ1) is 12.2. The van der Waals surface area contributed by atoms with E-state index in [-0.39, 0.29) is 29.7 Å². The molecule has 0 radical (unpaired) electrons. The minimum absolute atomic E-state index is 0. The summed E-state index contributed by atoms with van der Waals surface area (Å²) in [6.45, 7) is 4.34. The van der Waals surface area contributed by atoms with Crippen LogP contribution in [0.5, 0.6) is 0 Å². The van der Waals surface area contributed by atoms with Gasteiger partial charge in [-0.2, -0.15) is 0 Å². The largest absolute Gasteiger partial charge is 0.385 e. The number of guanidine groups is 1. The highest BCUT2D eigenvalue weighted by Gasteiger charge is 2.15. The predicted molar refractivity (Wildman–Crippen MR) is 111 cm³/mol. The van der Waals surface area contributed by atoms with Gasteiger partial charge in [0.25, 0.3) is 5.69 Å². The minimum Gasteiger partial charge on any atom is -0.385 e. The fourth-order valence-electron chi connectivity index (χ4n) is 2.48. The summed E-state index contributed by atoms with van der Waals surface area (Å²) in [5.74, 6) is 1.24. The second-order valence-corrected chi connectivity index (χ2v) is 5.97. The molecule has 1 fully saturated rings. The van der Waals surface area contributed by atoms with Crippen molar-refractivity contribution in [3.63, 3.8) is 0 Å². The lowest BCUT2D eigenvalue weighted by Crippen LogP contribution is -2.40. The number of nitro benzene ring substituents is 1. The Balaban J connectivity index is 0.00000338. The summed E-state index contributed by atoms with van der Waals surface area (Å²) in [6.07, 6.45) is 1.95. The van der Waals surface area contributed by atoms with E-state index in [1.54, 1.807) is 19.2 Å². The predicted octanol–water partition coefficient (Wildman–Crippen LogP) is 2.32.